The Morgan fingerprint density at radius 1 is 1.35 bits per heavy atom. The molecule has 23 heavy (non-hydrogen) atoms. The van der Waals surface area contributed by atoms with Crippen LogP contribution in [0.15, 0.2) is 52.0 Å². The summed E-state index contributed by atoms with van der Waals surface area (Å²) in [4.78, 5) is 10.4. The highest BCUT2D eigenvalue weighted by molar-refractivity contribution is 9.10. The molecule has 2 aromatic rings. The third kappa shape index (κ3) is 4.83. The van der Waals surface area contributed by atoms with Gasteiger partial charge in [0.15, 0.2) is 5.11 Å². The first-order chi connectivity index (χ1) is 11.0. The van der Waals surface area contributed by atoms with Crippen molar-refractivity contribution in [2.45, 2.75) is 6.92 Å². The summed E-state index contributed by atoms with van der Waals surface area (Å²) >= 11 is 8.28. The number of para-hydroxylation sites is 1. The Morgan fingerprint density at radius 2 is 2.09 bits per heavy atom. The zero-order valence-corrected chi connectivity index (χ0v) is 14.5. The summed E-state index contributed by atoms with van der Waals surface area (Å²) in [5.74, 6) is 0. The lowest BCUT2D eigenvalue weighted by molar-refractivity contribution is -0.385. The van der Waals surface area contributed by atoms with E-state index in [4.69, 9.17) is 12.2 Å². The number of benzene rings is 2. The zero-order valence-electron chi connectivity index (χ0n) is 12.1. The third-order valence-corrected chi connectivity index (χ3v) is 3.80. The highest BCUT2D eigenvalue weighted by Crippen LogP contribution is 2.24. The van der Waals surface area contributed by atoms with Gasteiger partial charge in [-0.3, -0.25) is 15.5 Å². The predicted octanol–water partition coefficient (Wildman–Crippen LogP) is 3.99. The van der Waals surface area contributed by atoms with Gasteiger partial charge in [-0.25, -0.2) is 0 Å². The number of anilines is 1. The van der Waals surface area contributed by atoms with Gasteiger partial charge in [-0.1, -0.05) is 24.3 Å². The first-order valence-corrected chi connectivity index (χ1v) is 7.77. The van der Waals surface area contributed by atoms with E-state index in [9.17, 15) is 10.1 Å². The highest BCUT2D eigenvalue weighted by atomic mass is 79.9. The van der Waals surface area contributed by atoms with Gasteiger partial charge in [-0.2, -0.15) is 5.10 Å². The monoisotopic (exact) mass is 392 g/mol. The Kier molecular flexibility index (Phi) is 5.78. The van der Waals surface area contributed by atoms with E-state index in [0.717, 1.165) is 11.3 Å². The minimum Gasteiger partial charge on any atom is -0.331 e. The van der Waals surface area contributed by atoms with Gasteiger partial charge in [0.1, 0.15) is 0 Å². The van der Waals surface area contributed by atoms with Crippen molar-refractivity contribution < 1.29 is 4.92 Å². The van der Waals surface area contributed by atoms with E-state index in [1.807, 2.05) is 31.2 Å². The van der Waals surface area contributed by atoms with Crippen LogP contribution in [0.4, 0.5) is 11.4 Å². The van der Waals surface area contributed by atoms with Crippen molar-refractivity contribution >= 4 is 50.8 Å². The Balaban J connectivity index is 1.99. The number of rotatable bonds is 4. The van der Waals surface area contributed by atoms with Crippen LogP contribution in [0.5, 0.6) is 0 Å². The summed E-state index contributed by atoms with van der Waals surface area (Å²) in [6, 6.07) is 12.5. The molecular formula is C15H13BrN4O2S. The Labute approximate surface area is 146 Å². The number of nitro benzene ring substituents is 1. The van der Waals surface area contributed by atoms with E-state index in [0.29, 0.717) is 15.1 Å². The minimum absolute atomic E-state index is 0.0189. The first-order valence-electron chi connectivity index (χ1n) is 6.57. The second kappa shape index (κ2) is 7.80. The molecule has 0 radical (unpaired) electrons. The molecule has 6 nitrogen and oxygen atoms in total. The van der Waals surface area contributed by atoms with Gasteiger partial charge in [-0.15, -0.1) is 0 Å². The quantitative estimate of drug-likeness (QED) is 0.356. The summed E-state index contributed by atoms with van der Waals surface area (Å²) in [6.45, 7) is 1.97. The standard InChI is InChI=1S/C15H13BrN4O2S/c1-10-4-2-3-5-13(10)18-15(23)19-17-9-11-6-7-12(16)14(8-11)20(21)22/h2-9H,1H3,(H2,18,19,23)/b17-9-. The van der Waals surface area contributed by atoms with Gasteiger partial charge in [0, 0.05) is 17.3 Å². The maximum absolute atomic E-state index is 10.9. The molecule has 0 saturated carbocycles. The highest BCUT2D eigenvalue weighted by Gasteiger charge is 2.11. The molecule has 0 spiro atoms. The van der Waals surface area contributed by atoms with Crippen LogP contribution in [0, 0.1) is 17.0 Å². The van der Waals surface area contributed by atoms with Crippen LogP contribution in [0.25, 0.3) is 0 Å². The first kappa shape index (κ1) is 17.0. The molecule has 118 valence electrons. The fourth-order valence-corrected chi connectivity index (χ4v) is 2.33. The zero-order chi connectivity index (χ0) is 16.8. The van der Waals surface area contributed by atoms with E-state index in [-0.39, 0.29) is 5.69 Å². The van der Waals surface area contributed by atoms with E-state index in [1.165, 1.54) is 12.3 Å². The van der Waals surface area contributed by atoms with Crippen molar-refractivity contribution in [1.82, 2.24) is 5.43 Å². The van der Waals surface area contributed by atoms with Crippen molar-refractivity contribution in [3.8, 4) is 0 Å². The van der Waals surface area contributed by atoms with Crippen LogP contribution in [0.1, 0.15) is 11.1 Å². The molecule has 0 aliphatic rings. The molecule has 0 heterocycles. The molecule has 0 unspecified atom stereocenters. The molecule has 2 rings (SSSR count). The number of halogens is 1. The summed E-state index contributed by atoms with van der Waals surface area (Å²) in [7, 11) is 0. The molecule has 0 fully saturated rings. The van der Waals surface area contributed by atoms with Crippen LogP contribution in [-0.4, -0.2) is 16.3 Å². The third-order valence-electron chi connectivity index (χ3n) is 2.94. The second-order valence-corrected chi connectivity index (χ2v) is 5.87. The van der Waals surface area contributed by atoms with Crippen molar-refractivity contribution in [1.29, 1.82) is 0 Å². The lowest BCUT2D eigenvalue weighted by Gasteiger charge is -2.09. The van der Waals surface area contributed by atoms with E-state index >= 15 is 0 Å². The summed E-state index contributed by atoms with van der Waals surface area (Å²) in [6.07, 6.45) is 1.46. The minimum atomic E-state index is -0.459. The summed E-state index contributed by atoms with van der Waals surface area (Å²) in [5, 5.41) is 18.2. The van der Waals surface area contributed by atoms with Gasteiger partial charge in [0.2, 0.25) is 0 Å². The molecule has 0 aromatic heterocycles. The van der Waals surface area contributed by atoms with Crippen LogP contribution in [0.2, 0.25) is 0 Å². The Hall–Kier alpha value is -2.32. The van der Waals surface area contributed by atoms with E-state index < -0.39 is 4.92 Å². The second-order valence-electron chi connectivity index (χ2n) is 4.61. The van der Waals surface area contributed by atoms with Gasteiger partial charge in [0.25, 0.3) is 5.69 Å². The maximum atomic E-state index is 10.9. The number of hydrogen-bond donors (Lipinski definition) is 2. The molecule has 2 aromatic carbocycles. The van der Waals surface area contributed by atoms with E-state index in [2.05, 4.69) is 31.8 Å². The average molecular weight is 393 g/mol. The topological polar surface area (TPSA) is 79.6 Å². The predicted molar refractivity (Wildman–Crippen MR) is 98.9 cm³/mol. The van der Waals surface area contributed by atoms with Gasteiger partial charge in [-0.05, 0) is 52.8 Å². The Bertz CT molecular complexity index is 780. The fraction of sp³-hybridized carbons (Fsp3) is 0.0667. The number of nitrogens with zero attached hydrogens (tertiary/aromatic N) is 2. The van der Waals surface area contributed by atoms with Crippen molar-refractivity contribution in [3.05, 3.63) is 68.2 Å². The number of thiocarbonyl (C=S) groups is 1. The maximum Gasteiger partial charge on any atom is 0.284 e. The molecule has 0 aliphatic carbocycles. The molecule has 0 atom stereocenters. The number of aryl methyl sites for hydroxylation is 1. The average Bonchev–Trinajstić information content (AvgIpc) is 2.51. The largest absolute Gasteiger partial charge is 0.331 e. The van der Waals surface area contributed by atoms with Crippen molar-refractivity contribution in [2.24, 2.45) is 5.10 Å². The number of nitrogens with one attached hydrogen (secondary N) is 2. The van der Waals surface area contributed by atoms with Crippen LogP contribution in [-0.2, 0) is 0 Å². The molecule has 2 N–H and O–H groups in total. The normalized spacial score (nSPS) is 10.5. The fourth-order valence-electron chi connectivity index (χ4n) is 1.78. The molecule has 0 bridgehead atoms. The van der Waals surface area contributed by atoms with Crippen LogP contribution < -0.4 is 10.7 Å². The summed E-state index contributed by atoms with van der Waals surface area (Å²) in [5.41, 5.74) is 5.20. The molecular weight excluding hydrogens is 380 g/mol. The molecule has 8 heteroatoms. The van der Waals surface area contributed by atoms with Crippen LogP contribution >= 0.6 is 28.1 Å². The SMILES string of the molecule is Cc1ccccc1NC(=S)N/N=C\c1ccc(Br)c([N+](=O)[O-])c1. The number of nitro groups is 1. The number of hydrogen-bond acceptors (Lipinski definition) is 4. The van der Waals surface area contributed by atoms with Gasteiger partial charge in [0.05, 0.1) is 15.6 Å². The Morgan fingerprint density at radius 3 is 2.78 bits per heavy atom. The molecule has 0 amide bonds. The van der Waals surface area contributed by atoms with Crippen molar-refractivity contribution in [2.75, 3.05) is 5.32 Å². The van der Waals surface area contributed by atoms with Gasteiger partial charge >= 0.3 is 0 Å². The lowest BCUT2D eigenvalue weighted by atomic mass is 10.2. The van der Waals surface area contributed by atoms with Crippen molar-refractivity contribution in [3.63, 3.8) is 0 Å². The molecule has 0 saturated heterocycles. The molecule has 0 aliphatic heterocycles. The smallest absolute Gasteiger partial charge is 0.284 e. The van der Waals surface area contributed by atoms with Crippen LogP contribution in [0.3, 0.4) is 0 Å². The van der Waals surface area contributed by atoms with Gasteiger partial charge < -0.3 is 5.32 Å². The summed E-state index contributed by atoms with van der Waals surface area (Å²) < 4.78 is 0.421. The number of hydrazone groups is 1. The van der Waals surface area contributed by atoms with E-state index in [1.54, 1.807) is 12.1 Å². The lowest BCUT2D eigenvalue weighted by Crippen LogP contribution is -2.24.